The van der Waals surface area contributed by atoms with Gasteiger partial charge in [0.1, 0.15) is 11.3 Å². The fraction of sp³-hybridized carbons (Fsp3) is 0. The van der Waals surface area contributed by atoms with Gasteiger partial charge in [0.05, 0.1) is 4.60 Å². The number of rotatable bonds is 1. The van der Waals surface area contributed by atoms with Crippen molar-refractivity contribution in [3.05, 3.63) is 62.8 Å². The molecule has 22 heavy (non-hydrogen) atoms. The van der Waals surface area contributed by atoms with Crippen molar-refractivity contribution in [3.63, 3.8) is 0 Å². The summed E-state index contributed by atoms with van der Waals surface area (Å²) in [4.78, 5) is 0. The summed E-state index contributed by atoms with van der Waals surface area (Å²) in [6.07, 6.45) is 3.28. The standard InChI is InChI=1S/C13H6BBr3F2N2O/c15-10-4-1-7-13(9-3-6-12(17)22-9)8-2-5-11(16)21(8)14(18,19)20(7)10/h1-6H. The molecule has 0 bridgehead atoms. The molecule has 0 saturated heterocycles. The molecule has 3 nitrogen and oxygen atoms in total. The van der Waals surface area contributed by atoms with Gasteiger partial charge in [-0.05, 0) is 56.1 Å². The molecule has 9 heteroatoms. The molecule has 112 valence electrons. The van der Waals surface area contributed by atoms with Gasteiger partial charge in [-0.25, -0.2) is 0 Å². The van der Waals surface area contributed by atoms with Gasteiger partial charge >= 0.3 is 6.97 Å². The predicted molar refractivity (Wildman–Crippen MR) is 91.3 cm³/mol. The highest BCUT2D eigenvalue weighted by atomic mass is 79.9. The van der Waals surface area contributed by atoms with Crippen molar-refractivity contribution in [2.24, 2.45) is 0 Å². The number of hydrogen-bond acceptors (Lipinski definition) is 1. The molecule has 4 rings (SSSR count). The molecule has 2 aromatic heterocycles. The van der Waals surface area contributed by atoms with Gasteiger partial charge in [-0.2, -0.15) is 0 Å². The SMILES string of the molecule is F[B-]1(F)n2c(Br)ccc2C(c2ccc(Br)o2)=C2C=CC(Br)=[N+]21. The molecule has 0 unspecified atom stereocenters. The molecule has 0 amide bonds. The van der Waals surface area contributed by atoms with Crippen LogP contribution in [0.25, 0.3) is 5.57 Å². The van der Waals surface area contributed by atoms with E-state index in [0.717, 1.165) is 8.96 Å². The Bertz CT molecular complexity index is 910. The molecule has 4 heterocycles. The number of fused-ring (bicyclic) bond motifs is 2. The Kier molecular flexibility index (Phi) is 3.19. The normalized spacial score (nSPS) is 19.0. The maximum absolute atomic E-state index is 14.9. The number of hydrogen-bond donors (Lipinski definition) is 0. The van der Waals surface area contributed by atoms with Crippen LogP contribution in [0.4, 0.5) is 8.63 Å². The molecule has 0 atom stereocenters. The van der Waals surface area contributed by atoms with Crippen LogP contribution < -0.4 is 0 Å². The lowest BCUT2D eigenvalue weighted by atomic mass is 9.88. The van der Waals surface area contributed by atoms with Gasteiger partial charge in [0.15, 0.2) is 10.4 Å². The highest BCUT2D eigenvalue weighted by Gasteiger charge is 2.54. The van der Waals surface area contributed by atoms with E-state index in [1.54, 1.807) is 36.4 Å². The Morgan fingerprint density at radius 3 is 2.50 bits per heavy atom. The zero-order chi connectivity index (χ0) is 15.6. The summed E-state index contributed by atoms with van der Waals surface area (Å²) < 4.78 is 38.7. The van der Waals surface area contributed by atoms with Crippen LogP contribution in [0, 0.1) is 0 Å². The minimum atomic E-state index is -3.99. The second kappa shape index (κ2) is 4.78. The van der Waals surface area contributed by atoms with Crippen LogP contribution in [0.1, 0.15) is 11.5 Å². The molecular formula is C13H6BBr3F2N2O. The minimum Gasteiger partial charge on any atom is -0.449 e. The van der Waals surface area contributed by atoms with Crippen LogP contribution >= 0.6 is 47.8 Å². The van der Waals surface area contributed by atoms with E-state index < -0.39 is 6.97 Å². The molecular weight excluding hydrogens is 489 g/mol. The van der Waals surface area contributed by atoms with Crippen LogP contribution in [-0.4, -0.2) is 20.6 Å². The van der Waals surface area contributed by atoms with Gasteiger partial charge in [0.25, 0.3) is 0 Å². The lowest BCUT2D eigenvalue weighted by Crippen LogP contribution is -2.50. The summed E-state index contributed by atoms with van der Waals surface area (Å²) in [5.74, 6) is 0.525. The fourth-order valence-corrected chi connectivity index (χ4v) is 4.28. The largest absolute Gasteiger partial charge is 0.738 e. The summed E-state index contributed by atoms with van der Waals surface area (Å²) in [5, 5.41) is 0. The van der Waals surface area contributed by atoms with Crippen molar-refractivity contribution in [3.8, 4) is 0 Å². The van der Waals surface area contributed by atoms with Crippen LogP contribution in [0.15, 0.2) is 55.8 Å². The van der Waals surface area contributed by atoms with Crippen molar-refractivity contribution in [2.75, 3.05) is 0 Å². The Morgan fingerprint density at radius 2 is 1.82 bits per heavy atom. The number of aromatic nitrogens is 1. The molecule has 0 saturated carbocycles. The van der Waals surface area contributed by atoms with Crippen LogP contribution in [-0.2, 0) is 0 Å². The zero-order valence-electron chi connectivity index (χ0n) is 10.7. The number of allylic oxidation sites excluding steroid dienone is 2. The molecule has 0 fully saturated rings. The van der Waals surface area contributed by atoms with Crippen molar-refractivity contribution < 1.29 is 17.5 Å². The molecule has 2 aliphatic heterocycles. The van der Waals surface area contributed by atoms with Gasteiger partial charge in [-0.1, -0.05) is 0 Å². The lowest BCUT2D eigenvalue weighted by Gasteiger charge is -2.31. The Balaban J connectivity index is 2.12. The van der Waals surface area contributed by atoms with E-state index in [1.807, 2.05) is 0 Å². The van der Waals surface area contributed by atoms with Gasteiger partial charge in [-0.15, -0.1) is 0 Å². The van der Waals surface area contributed by atoms with Crippen LogP contribution in [0.3, 0.4) is 0 Å². The second-order valence-electron chi connectivity index (χ2n) is 4.89. The Hall–Kier alpha value is -0.925. The monoisotopic (exact) mass is 492 g/mol. The number of nitrogens with zero attached hydrogens (tertiary/aromatic N) is 2. The maximum Gasteiger partial charge on any atom is 0.738 e. The molecule has 2 aliphatic rings. The number of halogens is 5. The summed E-state index contributed by atoms with van der Waals surface area (Å²) in [7, 11) is 0. The topological polar surface area (TPSA) is 21.1 Å². The Morgan fingerprint density at radius 1 is 1.05 bits per heavy atom. The molecule has 0 radical (unpaired) electrons. The molecule has 0 N–H and O–H groups in total. The zero-order valence-corrected chi connectivity index (χ0v) is 15.5. The van der Waals surface area contributed by atoms with E-state index in [-0.39, 0.29) is 0 Å². The fourth-order valence-electron chi connectivity index (χ4n) is 2.83. The van der Waals surface area contributed by atoms with Crippen molar-refractivity contribution in [2.45, 2.75) is 0 Å². The van der Waals surface area contributed by atoms with E-state index in [1.165, 1.54) is 0 Å². The molecule has 0 spiro atoms. The van der Waals surface area contributed by atoms with E-state index in [9.17, 15) is 8.63 Å². The molecule has 2 aromatic rings. The average Bonchev–Trinajstić information content (AvgIpc) is 3.12. The third-order valence-electron chi connectivity index (χ3n) is 3.69. The van der Waals surface area contributed by atoms with Gasteiger partial charge < -0.3 is 22.0 Å². The lowest BCUT2D eigenvalue weighted by molar-refractivity contribution is -0.358. The average molecular weight is 495 g/mol. The first-order valence-corrected chi connectivity index (χ1v) is 8.68. The van der Waals surface area contributed by atoms with E-state index in [4.69, 9.17) is 4.42 Å². The maximum atomic E-state index is 14.9. The first kappa shape index (κ1) is 14.7. The van der Waals surface area contributed by atoms with Crippen molar-refractivity contribution in [1.82, 2.24) is 4.48 Å². The van der Waals surface area contributed by atoms with Gasteiger partial charge in [-0.3, -0.25) is 0 Å². The van der Waals surface area contributed by atoms with E-state index in [0.29, 0.717) is 36.6 Å². The third kappa shape index (κ3) is 1.85. The van der Waals surface area contributed by atoms with E-state index in [2.05, 4.69) is 47.8 Å². The van der Waals surface area contributed by atoms with Gasteiger partial charge in [0.2, 0.25) is 4.62 Å². The van der Waals surface area contributed by atoms with Gasteiger partial charge in [0, 0.05) is 33.8 Å². The third-order valence-corrected chi connectivity index (χ3v) is 5.41. The first-order chi connectivity index (χ1) is 10.4. The van der Waals surface area contributed by atoms with E-state index >= 15 is 0 Å². The number of furan rings is 1. The van der Waals surface area contributed by atoms with Crippen molar-refractivity contribution >= 4 is 65.0 Å². The van der Waals surface area contributed by atoms with Crippen LogP contribution in [0.2, 0.25) is 0 Å². The highest BCUT2D eigenvalue weighted by molar-refractivity contribution is 9.18. The van der Waals surface area contributed by atoms with Crippen molar-refractivity contribution in [1.29, 1.82) is 0 Å². The summed E-state index contributed by atoms with van der Waals surface area (Å²) >= 11 is 9.68. The van der Waals surface area contributed by atoms with Crippen LogP contribution in [0.5, 0.6) is 0 Å². The Labute approximate surface area is 149 Å². The predicted octanol–water partition coefficient (Wildman–Crippen LogP) is 4.98. The highest BCUT2D eigenvalue weighted by Crippen LogP contribution is 2.42. The summed E-state index contributed by atoms with van der Waals surface area (Å²) in [6, 6.07) is 6.77. The summed E-state index contributed by atoms with van der Waals surface area (Å²) in [6.45, 7) is -3.99. The quantitative estimate of drug-likeness (QED) is 0.513. The minimum absolute atomic E-state index is 0.321. The molecule has 0 aromatic carbocycles. The molecule has 0 aliphatic carbocycles. The smallest absolute Gasteiger partial charge is 0.449 e. The first-order valence-electron chi connectivity index (χ1n) is 6.30. The second-order valence-corrected chi connectivity index (χ2v) is 7.30. The summed E-state index contributed by atoms with van der Waals surface area (Å²) in [5.41, 5.74) is 1.45.